The summed E-state index contributed by atoms with van der Waals surface area (Å²) >= 11 is 0. The molecular formula is C18H23N. The van der Waals surface area contributed by atoms with E-state index in [1.807, 2.05) is 0 Å². The Kier molecular flexibility index (Phi) is 4.39. The number of hydrogen-bond acceptors (Lipinski definition) is 1. The van der Waals surface area contributed by atoms with Gasteiger partial charge in [-0.3, -0.25) is 0 Å². The maximum absolute atomic E-state index is 6.29. The maximum Gasteiger partial charge on any atom is 0.0335 e. The third kappa shape index (κ3) is 3.68. The standard InChI is InChI=1S/C18H23N/c1-13(2)16-8-10-17(11-9-16)18(19)12-15-6-4-14(3)5-7-15/h4-11,13,18H,12,19H2,1-3H3. The monoisotopic (exact) mass is 253 g/mol. The highest BCUT2D eigenvalue weighted by molar-refractivity contribution is 5.29. The topological polar surface area (TPSA) is 26.0 Å². The van der Waals surface area contributed by atoms with Crippen LogP contribution < -0.4 is 5.73 Å². The highest BCUT2D eigenvalue weighted by Crippen LogP contribution is 2.20. The van der Waals surface area contributed by atoms with Crippen molar-refractivity contribution in [1.29, 1.82) is 0 Å². The van der Waals surface area contributed by atoms with Gasteiger partial charge < -0.3 is 5.73 Å². The van der Waals surface area contributed by atoms with Gasteiger partial charge in [-0.1, -0.05) is 67.9 Å². The molecule has 0 radical (unpaired) electrons. The van der Waals surface area contributed by atoms with Crippen LogP contribution in [0.1, 0.15) is 48.1 Å². The Morgan fingerprint density at radius 1 is 0.842 bits per heavy atom. The molecule has 2 rings (SSSR count). The molecule has 0 saturated carbocycles. The zero-order chi connectivity index (χ0) is 13.8. The number of benzene rings is 2. The van der Waals surface area contributed by atoms with Crippen molar-refractivity contribution in [2.24, 2.45) is 5.73 Å². The van der Waals surface area contributed by atoms with Gasteiger partial charge >= 0.3 is 0 Å². The molecule has 0 spiro atoms. The zero-order valence-corrected chi connectivity index (χ0v) is 12.1. The average molecular weight is 253 g/mol. The number of aryl methyl sites for hydroxylation is 1. The van der Waals surface area contributed by atoms with E-state index >= 15 is 0 Å². The van der Waals surface area contributed by atoms with E-state index in [1.54, 1.807) is 0 Å². The summed E-state index contributed by atoms with van der Waals surface area (Å²) in [6.45, 7) is 6.52. The summed E-state index contributed by atoms with van der Waals surface area (Å²) in [5, 5.41) is 0. The van der Waals surface area contributed by atoms with Crippen LogP contribution in [-0.4, -0.2) is 0 Å². The van der Waals surface area contributed by atoms with Gasteiger partial charge in [0.25, 0.3) is 0 Å². The molecule has 0 aromatic heterocycles. The van der Waals surface area contributed by atoms with Gasteiger partial charge in [0.15, 0.2) is 0 Å². The molecule has 0 amide bonds. The second-order valence-corrected chi connectivity index (χ2v) is 5.62. The minimum absolute atomic E-state index is 0.0731. The van der Waals surface area contributed by atoms with Crippen LogP contribution in [0.5, 0.6) is 0 Å². The minimum atomic E-state index is 0.0731. The number of nitrogens with two attached hydrogens (primary N) is 1. The largest absolute Gasteiger partial charge is 0.324 e. The van der Waals surface area contributed by atoms with E-state index < -0.39 is 0 Å². The first kappa shape index (κ1) is 13.8. The van der Waals surface area contributed by atoms with Crippen LogP contribution in [0.3, 0.4) is 0 Å². The lowest BCUT2D eigenvalue weighted by molar-refractivity contribution is 0.720. The van der Waals surface area contributed by atoms with Gasteiger partial charge in [-0.15, -0.1) is 0 Å². The molecule has 1 heteroatoms. The third-order valence-electron chi connectivity index (χ3n) is 3.61. The predicted molar refractivity (Wildman–Crippen MR) is 82.3 cm³/mol. The highest BCUT2D eigenvalue weighted by Gasteiger charge is 2.07. The van der Waals surface area contributed by atoms with E-state index in [1.165, 1.54) is 22.3 Å². The maximum atomic E-state index is 6.29. The van der Waals surface area contributed by atoms with E-state index in [-0.39, 0.29) is 6.04 Å². The van der Waals surface area contributed by atoms with E-state index in [0.717, 1.165) is 6.42 Å². The van der Waals surface area contributed by atoms with Gasteiger partial charge in [0, 0.05) is 6.04 Å². The molecule has 1 atom stereocenters. The molecule has 2 aromatic carbocycles. The lowest BCUT2D eigenvalue weighted by Crippen LogP contribution is -2.13. The zero-order valence-electron chi connectivity index (χ0n) is 12.1. The Balaban J connectivity index is 2.07. The SMILES string of the molecule is Cc1ccc(CC(N)c2ccc(C(C)C)cc2)cc1. The first-order valence-corrected chi connectivity index (χ1v) is 6.97. The Labute approximate surface area is 116 Å². The predicted octanol–water partition coefficient (Wildman–Crippen LogP) is 4.36. The molecule has 0 aliphatic heterocycles. The Morgan fingerprint density at radius 3 is 1.89 bits per heavy atom. The summed E-state index contributed by atoms with van der Waals surface area (Å²) in [4.78, 5) is 0. The Morgan fingerprint density at radius 2 is 1.37 bits per heavy atom. The fraction of sp³-hybridized carbons (Fsp3) is 0.333. The van der Waals surface area contributed by atoms with Crippen LogP contribution in [0.4, 0.5) is 0 Å². The summed E-state index contributed by atoms with van der Waals surface area (Å²) in [7, 11) is 0. The van der Waals surface area contributed by atoms with Gasteiger partial charge in [0.2, 0.25) is 0 Å². The molecule has 0 aliphatic carbocycles. The van der Waals surface area contributed by atoms with Gasteiger partial charge in [-0.25, -0.2) is 0 Å². The summed E-state index contributed by atoms with van der Waals surface area (Å²) in [6, 6.07) is 17.4. The van der Waals surface area contributed by atoms with E-state index in [9.17, 15) is 0 Å². The molecule has 0 saturated heterocycles. The molecule has 1 unspecified atom stereocenters. The van der Waals surface area contributed by atoms with E-state index in [0.29, 0.717) is 5.92 Å². The summed E-state index contributed by atoms with van der Waals surface area (Å²) < 4.78 is 0. The average Bonchev–Trinajstić information content (AvgIpc) is 2.41. The van der Waals surface area contributed by atoms with Crippen molar-refractivity contribution in [1.82, 2.24) is 0 Å². The van der Waals surface area contributed by atoms with Crippen molar-refractivity contribution >= 4 is 0 Å². The second-order valence-electron chi connectivity index (χ2n) is 5.62. The smallest absolute Gasteiger partial charge is 0.0335 e. The first-order chi connectivity index (χ1) is 9.06. The molecule has 2 N–H and O–H groups in total. The van der Waals surface area contributed by atoms with Crippen molar-refractivity contribution in [3.63, 3.8) is 0 Å². The number of rotatable bonds is 4. The van der Waals surface area contributed by atoms with Crippen LogP contribution in [0.2, 0.25) is 0 Å². The van der Waals surface area contributed by atoms with Crippen LogP contribution >= 0.6 is 0 Å². The lowest BCUT2D eigenvalue weighted by atomic mass is 9.96. The molecule has 0 heterocycles. The number of hydrogen-bond donors (Lipinski definition) is 1. The molecule has 0 bridgehead atoms. The highest BCUT2D eigenvalue weighted by atomic mass is 14.6. The Bertz CT molecular complexity index is 508. The summed E-state index contributed by atoms with van der Waals surface area (Å²) in [5.74, 6) is 0.572. The van der Waals surface area contributed by atoms with Gasteiger partial charge in [0.05, 0.1) is 0 Å². The van der Waals surface area contributed by atoms with Crippen LogP contribution in [0, 0.1) is 6.92 Å². The molecule has 19 heavy (non-hydrogen) atoms. The summed E-state index contributed by atoms with van der Waals surface area (Å²) in [6.07, 6.45) is 0.890. The van der Waals surface area contributed by atoms with Gasteiger partial charge in [0.1, 0.15) is 0 Å². The van der Waals surface area contributed by atoms with Crippen LogP contribution in [0.15, 0.2) is 48.5 Å². The van der Waals surface area contributed by atoms with Crippen molar-refractivity contribution in [3.8, 4) is 0 Å². The lowest BCUT2D eigenvalue weighted by Gasteiger charge is -2.14. The van der Waals surface area contributed by atoms with Crippen LogP contribution in [0.25, 0.3) is 0 Å². The molecule has 0 aliphatic rings. The van der Waals surface area contributed by atoms with Gasteiger partial charge in [-0.2, -0.15) is 0 Å². The fourth-order valence-corrected chi connectivity index (χ4v) is 2.22. The molecule has 0 fully saturated rings. The molecule has 2 aromatic rings. The van der Waals surface area contributed by atoms with Crippen molar-refractivity contribution in [2.45, 2.75) is 39.2 Å². The third-order valence-corrected chi connectivity index (χ3v) is 3.61. The normalized spacial score (nSPS) is 12.7. The van der Waals surface area contributed by atoms with Crippen LogP contribution in [-0.2, 0) is 6.42 Å². The molecule has 1 nitrogen and oxygen atoms in total. The van der Waals surface area contributed by atoms with Gasteiger partial charge in [-0.05, 0) is 36.0 Å². The Hall–Kier alpha value is -1.60. The quantitative estimate of drug-likeness (QED) is 0.860. The summed E-state index contributed by atoms with van der Waals surface area (Å²) in [5.41, 5.74) is 11.5. The van der Waals surface area contributed by atoms with Crippen molar-refractivity contribution in [2.75, 3.05) is 0 Å². The second kappa shape index (κ2) is 6.03. The van der Waals surface area contributed by atoms with E-state index in [2.05, 4.69) is 69.3 Å². The fourth-order valence-electron chi connectivity index (χ4n) is 2.22. The minimum Gasteiger partial charge on any atom is -0.324 e. The van der Waals surface area contributed by atoms with E-state index in [4.69, 9.17) is 5.73 Å². The first-order valence-electron chi connectivity index (χ1n) is 6.97. The molecular weight excluding hydrogens is 230 g/mol. The van der Waals surface area contributed by atoms with Crippen molar-refractivity contribution < 1.29 is 0 Å². The molecule has 100 valence electrons. The van der Waals surface area contributed by atoms with Crippen molar-refractivity contribution in [3.05, 3.63) is 70.8 Å².